The summed E-state index contributed by atoms with van der Waals surface area (Å²) in [5.41, 5.74) is 3.93. The molecule has 0 aromatic heterocycles. The van der Waals surface area contributed by atoms with Gasteiger partial charge in [0.05, 0.1) is 0 Å². The van der Waals surface area contributed by atoms with E-state index in [-0.39, 0.29) is 11.8 Å². The van der Waals surface area contributed by atoms with Crippen molar-refractivity contribution in [3.05, 3.63) is 70.8 Å². The number of benzene rings is 2. The van der Waals surface area contributed by atoms with E-state index in [2.05, 4.69) is 53.6 Å². The lowest BCUT2D eigenvalue weighted by molar-refractivity contribution is -0.119. The highest BCUT2D eigenvalue weighted by atomic mass is 16.2. The first-order valence-corrected chi connectivity index (χ1v) is 9.43. The van der Waals surface area contributed by atoms with Crippen LogP contribution in [0.3, 0.4) is 0 Å². The van der Waals surface area contributed by atoms with Crippen LogP contribution >= 0.6 is 0 Å². The summed E-state index contributed by atoms with van der Waals surface area (Å²) < 4.78 is 0. The molecule has 0 aliphatic carbocycles. The second-order valence-electron chi connectivity index (χ2n) is 6.57. The predicted molar refractivity (Wildman–Crippen MR) is 108 cm³/mol. The largest absolute Gasteiger partial charge is 0.352 e. The molecule has 2 rings (SSSR count). The number of amides is 2. The second-order valence-corrected chi connectivity index (χ2v) is 6.57. The van der Waals surface area contributed by atoms with Crippen molar-refractivity contribution < 1.29 is 9.59 Å². The predicted octanol–water partition coefficient (Wildman–Crippen LogP) is 3.09. The van der Waals surface area contributed by atoms with Crippen LogP contribution in [0.5, 0.6) is 0 Å². The number of nitrogens with zero attached hydrogens (tertiary/aromatic N) is 1. The Morgan fingerprint density at radius 1 is 0.778 bits per heavy atom. The van der Waals surface area contributed by atoms with Crippen molar-refractivity contribution in [1.82, 2.24) is 15.5 Å². The highest BCUT2D eigenvalue weighted by Crippen LogP contribution is 2.09. The Labute approximate surface area is 161 Å². The minimum absolute atomic E-state index is 0.0695. The highest BCUT2D eigenvalue weighted by molar-refractivity contribution is 5.94. The van der Waals surface area contributed by atoms with E-state index < -0.39 is 0 Å². The summed E-state index contributed by atoms with van der Waals surface area (Å²) in [4.78, 5) is 25.6. The van der Waals surface area contributed by atoms with E-state index in [9.17, 15) is 9.59 Å². The van der Waals surface area contributed by atoms with Crippen LogP contribution in [0.2, 0.25) is 0 Å². The number of rotatable bonds is 9. The van der Waals surface area contributed by atoms with E-state index >= 15 is 0 Å². The Morgan fingerprint density at radius 2 is 1.26 bits per heavy atom. The van der Waals surface area contributed by atoms with Gasteiger partial charge in [-0.1, -0.05) is 50.2 Å². The maximum atomic E-state index is 12.3. The lowest BCUT2D eigenvalue weighted by atomic mass is 10.1. The van der Waals surface area contributed by atoms with Crippen molar-refractivity contribution in [2.24, 2.45) is 0 Å². The van der Waals surface area contributed by atoms with Crippen LogP contribution in [0.25, 0.3) is 0 Å². The maximum Gasteiger partial charge on any atom is 0.251 e. The summed E-state index contributed by atoms with van der Waals surface area (Å²) in [6.07, 6.45) is 0. The van der Waals surface area contributed by atoms with Crippen molar-refractivity contribution in [2.45, 2.75) is 40.4 Å². The lowest BCUT2D eigenvalue weighted by Gasteiger charge is -2.18. The van der Waals surface area contributed by atoms with Gasteiger partial charge in [-0.2, -0.15) is 0 Å². The smallest absolute Gasteiger partial charge is 0.251 e. The number of nitrogens with one attached hydrogen (secondary N) is 2. The van der Waals surface area contributed by atoms with E-state index in [0.717, 1.165) is 30.8 Å². The summed E-state index contributed by atoms with van der Waals surface area (Å²) in [6, 6.07) is 15.6. The second kappa shape index (κ2) is 10.5. The molecule has 0 fully saturated rings. The van der Waals surface area contributed by atoms with Gasteiger partial charge >= 0.3 is 0 Å². The first-order chi connectivity index (χ1) is 13.0. The van der Waals surface area contributed by atoms with Crippen molar-refractivity contribution >= 4 is 11.8 Å². The van der Waals surface area contributed by atoms with E-state index in [1.54, 1.807) is 12.1 Å². The van der Waals surface area contributed by atoms with Crippen LogP contribution in [0.15, 0.2) is 48.5 Å². The summed E-state index contributed by atoms with van der Waals surface area (Å²) in [5.74, 6) is -0.173. The quantitative estimate of drug-likeness (QED) is 0.716. The first-order valence-electron chi connectivity index (χ1n) is 9.43. The SMILES string of the molecule is CCN(CC)Cc1ccc(CNC(=O)c2ccc(CNC(C)=O)cc2)cc1. The third kappa shape index (κ3) is 6.87. The standard InChI is InChI=1S/C22H29N3O2/c1-4-25(5-2)16-20-8-6-18(7-9-20)15-24-22(27)21-12-10-19(11-13-21)14-23-17(3)26/h6-13H,4-5,14-16H2,1-3H3,(H,23,26)(H,24,27). The van der Waals surface area contributed by atoms with E-state index in [1.807, 2.05) is 12.1 Å². The Kier molecular flexibility index (Phi) is 8.01. The molecule has 144 valence electrons. The molecule has 0 spiro atoms. The molecule has 0 bridgehead atoms. The van der Waals surface area contributed by atoms with Gasteiger partial charge < -0.3 is 10.6 Å². The first kappa shape index (κ1) is 20.6. The number of hydrogen-bond donors (Lipinski definition) is 2. The fourth-order valence-electron chi connectivity index (χ4n) is 2.75. The van der Waals surface area contributed by atoms with Crippen LogP contribution in [-0.2, 0) is 24.4 Å². The van der Waals surface area contributed by atoms with Gasteiger partial charge in [0.15, 0.2) is 0 Å². The molecule has 2 N–H and O–H groups in total. The van der Waals surface area contributed by atoms with E-state index in [1.165, 1.54) is 12.5 Å². The maximum absolute atomic E-state index is 12.3. The molecular formula is C22H29N3O2. The summed E-state index contributed by atoms with van der Waals surface area (Å²) >= 11 is 0. The van der Waals surface area contributed by atoms with Crippen LogP contribution in [0.4, 0.5) is 0 Å². The monoisotopic (exact) mass is 367 g/mol. The van der Waals surface area contributed by atoms with Gasteiger partial charge in [-0.05, 0) is 41.9 Å². The Morgan fingerprint density at radius 3 is 1.78 bits per heavy atom. The van der Waals surface area contributed by atoms with Crippen molar-refractivity contribution in [1.29, 1.82) is 0 Å². The molecule has 0 unspecified atom stereocenters. The molecule has 2 aromatic carbocycles. The molecule has 0 saturated heterocycles. The molecule has 0 aliphatic rings. The average Bonchev–Trinajstić information content (AvgIpc) is 2.70. The van der Waals surface area contributed by atoms with Gasteiger partial charge in [-0.15, -0.1) is 0 Å². The number of carbonyl (C=O) groups is 2. The minimum Gasteiger partial charge on any atom is -0.352 e. The summed E-state index contributed by atoms with van der Waals surface area (Å²) in [6.45, 7) is 9.81. The van der Waals surface area contributed by atoms with Crippen LogP contribution < -0.4 is 10.6 Å². The molecule has 0 radical (unpaired) electrons. The Hall–Kier alpha value is -2.66. The summed E-state index contributed by atoms with van der Waals surface area (Å²) in [7, 11) is 0. The van der Waals surface area contributed by atoms with E-state index in [0.29, 0.717) is 18.7 Å². The third-order valence-corrected chi connectivity index (χ3v) is 4.53. The molecular weight excluding hydrogens is 338 g/mol. The lowest BCUT2D eigenvalue weighted by Crippen LogP contribution is -2.23. The van der Waals surface area contributed by atoms with Gasteiger partial charge in [0.1, 0.15) is 0 Å². The zero-order valence-corrected chi connectivity index (χ0v) is 16.4. The molecule has 0 heterocycles. The molecule has 5 nitrogen and oxygen atoms in total. The summed E-state index contributed by atoms with van der Waals surface area (Å²) in [5, 5.41) is 5.69. The van der Waals surface area contributed by atoms with Crippen molar-refractivity contribution in [3.63, 3.8) is 0 Å². The van der Waals surface area contributed by atoms with E-state index in [4.69, 9.17) is 0 Å². The minimum atomic E-state index is -0.103. The zero-order chi connectivity index (χ0) is 19.6. The van der Waals surface area contributed by atoms with Crippen LogP contribution in [0.1, 0.15) is 47.8 Å². The topological polar surface area (TPSA) is 61.4 Å². The average molecular weight is 367 g/mol. The fraction of sp³-hybridized carbons (Fsp3) is 0.364. The van der Waals surface area contributed by atoms with Gasteiger partial charge in [0, 0.05) is 32.1 Å². The van der Waals surface area contributed by atoms with Gasteiger partial charge in [-0.25, -0.2) is 0 Å². The van der Waals surface area contributed by atoms with Gasteiger partial charge in [-0.3, -0.25) is 14.5 Å². The van der Waals surface area contributed by atoms with Gasteiger partial charge in [0.2, 0.25) is 5.91 Å². The molecule has 0 aliphatic heterocycles. The Bertz CT molecular complexity index is 735. The van der Waals surface area contributed by atoms with Crippen LogP contribution in [-0.4, -0.2) is 29.8 Å². The normalized spacial score (nSPS) is 10.7. The number of carbonyl (C=O) groups excluding carboxylic acids is 2. The molecule has 0 saturated carbocycles. The zero-order valence-electron chi connectivity index (χ0n) is 16.4. The molecule has 2 amide bonds. The molecule has 27 heavy (non-hydrogen) atoms. The van der Waals surface area contributed by atoms with Crippen molar-refractivity contribution in [2.75, 3.05) is 13.1 Å². The van der Waals surface area contributed by atoms with Crippen molar-refractivity contribution in [3.8, 4) is 0 Å². The molecule has 0 atom stereocenters. The van der Waals surface area contributed by atoms with Crippen LogP contribution in [0, 0.1) is 0 Å². The Balaban J connectivity index is 1.85. The highest BCUT2D eigenvalue weighted by Gasteiger charge is 2.06. The number of hydrogen-bond acceptors (Lipinski definition) is 3. The molecule has 2 aromatic rings. The fourth-order valence-corrected chi connectivity index (χ4v) is 2.75. The molecule has 5 heteroatoms. The third-order valence-electron chi connectivity index (χ3n) is 4.53. The van der Waals surface area contributed by atoms with Gasteiger partial charge in [0.25, 0.3) is 5.91 Å².